The Hall–Kier alpha value is -1.62. The van der Waals surface area contributed by atoms with Gasteiger partial charge in [-0.15, -0.1) is 0 Å². The second-order valence-corrected chi connectivity index (χ2v) is 15.5. The average molecular weight is 733 g/mol. The molecular weight excluding hydrogens is 645 g/mol. The first kappa shape index (κ1) is 50.4. The van der Waals surface area contributed by atoms with Crippen molar-refractivity contribution in [2.24, 2.45) is 0 Å². The maximum Gasteiger partial charge on any atom is 0.306 e. The lowest BCUT2D eigenvalue weighted by atomic mass is 10.0. The summed E-state index contributed by atoms with van der Waals surface area (Å²) in [6.45, 7) is 4.13. The third-order valence-electron chi connectivity index (χ3n) is 10.2. The quantitative estimate of drug-likeness (QED) is 0.0384. The first-order valence-electron chi connectivity index (χ1n) is 22.9. The molecule has 1 unspecified atom stereocenters. The first-order chi connectivity index (χ1) is 25.6. The van der Waals surface area contributed by atoms with Crippen LogP contribution in [0, 0.1) is 0 Å². The van der Waals surface area contributed by atoms with E-state index < -0.39 is 6.10 Å². The molecule has 0 aromatic carbocycles. The fourth-order valence-corrected chi connectivity index (χ4v) is 6.76. The molecule has 0 rings (SSSR count). The Morgan fingerprint density at radius 2 is 0.769 bits per heavy atom. The highest BCUT2D eigenvalue weighted by molar-refractivity contribution is 5.70. The number of hydrogen-bond acceptors (Lipinski definition) is 5. The molecule has 0 fully saturated rings. The summed E-state index contributed by atoms with van der Waals surface area (Å²) >= 11 is 0. The number of hydrogen-bond donors (Lipinski definition) is 1. The topological polar surface area (TPSA) is 72.8 Å². The lowest BCUT2D eigenvalue weighted by molar-refractivity contribution is -0.161. The molecule has 0 spiro atoms. The number of esters is 2. The molecule has 306 valence electrons. The molecule has 0 radical (unpaired) electrons. The number of rotatable bonds is 42. The monoisotopic (exact) mass is 733 g/mol. The van der Waals surface area contributed by atoms with E-state index in [1.165, 1.54) is 167 Å². The predicted molar refractivity (Wildman–Crippen MR) is 224 cm³/mol. The lowest BCUT2D eigenvalue weighted by Gasteiger charge is -2.15. The van der Waals surface area contributed by atoms with Gasteiger partial charge in [0.05, 0.1) is 6.61 Å². The Bertz CT molecular complexity index is 791. The van der Waals surface area contributed by atoms with Crippen LogP contribution in [0.15, 0.2) is 24.3 Å². The standard InChI is InChI=1S/C47H88O5/c1-3-5-7-9-11-13-15-17-19-20-21-22-23-24-25-26-28-29-31-33-35-37-39-41-46(49)51-44-45(43-48)52-47(50)42-40-38-36-34-32-30-27-18-16-14-12-10-8-6-4-2/h12,14,18,27,45,48H,3-11,13,15-17,19-26,28-44H2,1-2H3/b14-12-,27-18-. The van der Waals surface area contributed by atoms with E-state index in [4.69, 9.17) is 9.47 Å². The van der Waals surface area contributed by atoms with E-state index >= 15 is 0 Å². The van der Waals surface area contributed by atoms with Gasteiger partial charge in [-0.3, -0.25) is 9.59 Å². The highest BCUT2D eigenvalue weighted by Crippen LogP contribution is 2.16. The zero-order chi connectivity index (χ0) is 37.8. The van der Waals surface area contributed by atoms with Gasteiger partial charge < -0.3 is 14.6 Å². The summed E-state index contributed by atoms with van der Waals surface area (Å²) in [6, 6.07) is 0. The van der Waals surface area contributed by atoms with E-state index in [-0.39, 0.29) is 25.2 Å². The minimum Gasteiger partial charge on any atom is -0.462 e. The van der Waals surface area contributed by atoms with Crippen LogP contribution in [0.2, 0.25) is 0 Å². The van der Waals surface area contributed by atoms with Crippen LogP contribution in [0.3, 0.4) is 0 Å². The van der Waals surface area contributed by atoms with Gasteiger partial charge in [0, 0.05) is 12.8 Å². The van der Waals surface area contributed by atoms with E-state index in [2.05, 4.69) is 38.2 Å². The molecular formula is C47H88O5. The maximum atomic E-state index is 12.2. The van der Waals surface area contributed by atoms with Gasteiger partial charge in [0.15, 0.2) is 6.10 Å². The van der Waals surface area contributed by atoms with Gasteiger partial charge in [0.25, 0.3) is 0 Å². The summed E-state index contributed by atoms with van der Waals surface area (Å²) in [7, 11) is 0. The molecule has 52 heavy (non-hydrogen) atoms. The normalized spacial score (nSPS) is 12.3. The molecule has 0 aromatic heterocycles. The number of carbonyl (C=O) groups excluding carboxylic acids is 2. The Kier molecular flexibility index (Phi) is 42.4. The molecule has 5 nitrogen and oxygen atoms in total. The zero-order valence-corrected chi connectivity index (χ0v) is 34.8. The molecule has 5 heteroatoms. The van der Waals surface area contributed by atoms with Gasteiger partial charge in [0.2, 0.25) is 0 Å². The third kappa shape index (κ3) is 41.1. The van der Waals surface area contributed by atoms with E-state index in [0.29, 0.717) is 12.8 Å². The van der Waals surface area contributed by atoms with Gasteiger partial charge >= 0.3 is 11.9 Å². The highest BCUT2D eigenvalue weighted by Gasteiger charge is 2.16. The van der Waals surface area contributed by atoms with E-state index in [1.54, 1.807) is 0 Å². The minimum atomic E-state index is -0.774. The number of aliphatic hydroxyl groups excluding tert-OH is 1. The molecule has 0 aliphatic rings. The first-order valence-corrected chi connectivity index (χ1v) is 22.9. The van der Waals surface area contributed by atoms with Crippen molar-refractivity contribution >= 4 is 11.9 Å². The highest BCUT2D eigenvalue weighted by atomic mass is 16.6. The van der Waals surface area contributed by atoms with Crippen LogP contribution < -0.4 is 0 Å². The van der Waals surface area contributed by atoms with Crippen molar-refractivity contribution < 1.29 is 24.2 Å². The number of carbonyl (C=O) groups is 2. The van der Waals surface area contributed by atoms with Crippen LogP contribution in [0.4, 0.5) is 0 Å². The molecule has 0 saturated carbocycles. The predicted octanol–water partition coefficient (Wildman–Crippen LogP) is 14.6. The Morgan fingerprint density at radius 1 is 0.442 bits per heavy atom. The van der Waals surface area contributed by atoms with Crippen molar-refractivity contribution in [1.82, 2.24) is 0 Å². The number of allylic oxidation sites excluding steroid dienone is 4. The molecule has 1 atom stereocenters. The van der Waals surface area contributed by atoms with Crippen LogP contribution in [-0.2, 0) is 19.1 Å². The van der Waals surface area contributed by atoms with E-state index in [0.717, 1.165) is 51.4 Å². The Morgan fingerprint density at radius 3 is 1.17 bits per heavy atom. The largest absolute Gasteiger partial charge is 0.462 e. The molecule has 0 saturated heterocycles. The summed E-state index contributed by atoms with van der Waals surface area (Å²) in [5.74, 6) is -0.595. The van der Waals surface area contributed by atoms with Crippen LogP contribution in [0.1, 0.15) is 245 Å². The smallest absolute Gasteiger partial charge is 0.306 e. The van der Waals surface area contributed by atoms with Crippen molar-refractivity contribution in [3.05, 3.63) is 24.3 Å². The fraction of sp³-hybridized carbons (Fsp3) is 0.872. The lowest BCUT2D eigenvalue weighted by Crippen LogP contribution is -2.28. The Labute approximate surface area is 323 Å². The van der Waals surface area contributed by atoms with Gasteiger partial charge in [-0.2, -0.15) is 0 Å². The molecule has 0 aromatic rings. The van der Waals surface area contributed by atoms with Crippen LogP contribution in [-0.4, -0.2) is 36.4 Å². The van der Waals surface area contributed by atoms with Crippen molar-refractivity contribution in [2.45, 2.75) is 251 Å². The van der Waals surface area contributed by atoms with Crippen LogP contribution >= 0.6 is 0 Å². The summed E-state index contributed by atoms with van der Waals surface area (Å²) in [6.07, 6.45) is 52.6. The fourth-order valence-electron chi connectivity index (χ4n) is 6.76. The molecule has 0 aliphatic heterocycles. The SMILES string of the molecule is CCCCC/C=C\C/C=C\CCCCCCCC(=O)OC(CO)COC(=O)CCCCCCCCCCCCCCCCCCCCCCCCC. The van der Waals surface area contributed by atoms with Crippen molar-refractivity contribution in [3.63, 3.8) is 0 Å². The molecule has 0 bridgehead atoms. The van der Waals surface area contributed by atoms with Crippen molar-refractivity contribution in [3.8, 4) is 0 Å². The number of unbranched alkanes of at least 4 members (excludes halogenated alkanes) is 30. The third-order valence-corrected chi connectivity index (χ3v) is 10.2. The summed E-state index contributed by atoms with van der Waals surface area (Å²) in [5.41, 5.74) is 0. The van der Waals surface area contributed by atoms with E-state index in [1.807, 2.05) is 0 Å². The zero-order valence-electron chi connectivity index (χ0n) is 34.8. The molecule has 0 aliphatic carbocycles. The number of ether oxygens (including phenoxy) is 2. The van der Waals surface area contributed by atoms with Gasteiger partial charge in [-0.1, -0.05) is 212 Å². The van der Waals surface area contributed by atoms with Gasteiger partial charge in [-0.25, -0.2) is 0 Å². The number of aliphatic hydroxyl groups is 1. The second kappa shape index (κ2) is 43.8. The minimum absolute atomic E-state index is 0.0669. The maximum absolute atomic E-state index is 12.2. The molecule has 1 N–H and O–H groups in total. The summed E-state index contributed by atoms with van der Waals surface area (Å²) in [4.78, 5) is 24.3. The Balaban J connectivity index is 3.47. The van der Waals surface area contributed by atoms with Crippen molar-refractivity contribution in [2.75, 3.05) is 13.2 Å². The molecule has 0 heterocycles. The van der Waals surface area contributed by atoms with Crippen LogP contribution in [0.5, 0.6) is 0 Å². The second-order valence-electron chi connectivity index (χ2n) is 15.5. The average Bonchev–Trinajstić information content (AvgIpc) is 3.15. The van der Waals surface area contributed by atoms with E-state index in [9.17, 15) is 14.7 Å². The summed E-state index contributed by atoms with van der Waals surface area (Å²) in [5, 5.41) is 9.58. The van der Waals surface area contributed by atoms with Gasteiger partial charge in [-0.05, 0) is 44.9 Å². The summed E-state index contributed by atoms with van der Waals surface area (Å²) < 4.78 is 10.6. The van der Waals surface area contributed by atoms with Crippen molar-refractivity contribution in [1.29, 1.82) is 0 Å². The van der Waals surface area contributed by atoms with Gasteiger partial charge in [0.1, 0.15) is 6.61 Å². The van der Waals surface area contributed by atoms with Crippen LogP contribution in [0.25, 0.3) is 0 Å². The molecule has 0 amide bonds.